The van der Waals surface area contributed by atoms with E-state index in [0.717, 1.165) is 17.7 Å². The Morgan fingerprint density at radius 3 is 2.78 bits per heavy atom. The minimum Gasteiger partial charge on any atom is -0.399 e. The van der Waals surface area contributed by atoms with Crippen molar-refractivity contribution in [2.45, 2.75) is 26.2 Å². The van der Waals surface area contributed by atoms with E-state index in [4.69, 9.17) is 12.2 Å². The van der Waals surface area contributed by atoms with Crippen LogP contribution < -0.4 is 5.73 Å². The molecule has 0 bridgehead atoms. The number of amides is 1. The highest BCUT2D eigenvalue weighted by Gasteiger charge is 2.11. The number of hydrogen-bond acceptors (Lipinski definition) is 2. The van der Waals surface area contributed by atoms with Crippen molar-refractivity contribution in [3.05, 3.63) is 29.8 Å². The topological polar surface area (TPSA) is 46.3 Å². The molecule has 1 amide bonds. The molecule has 0 saturated carbocycles. The van der Waals surface area contributed by atoms with Crippen molar-refractivity contribution in [1.82, 2.24) is 4.90 Å². The number of benzene rings is 1. The molecule has 1 aromatic carbocycles. The number of para-hydroxylation sites is 1. The molecule has 96 valence electrons. The summed E-state index contributed by atoms with van der Waals surface area (Å²) in [7, 11) is 0. The molecule has 1 rings (SSSR count). The van der Waals surface area contributed by atoms with Crippen LogP contribution in [-0.4, -0.2) is 23.9 Å². The van der Waals surface area contributed by atoms with Crippen LogP contribution in [0.4, 0.5) is 5.69 Å². The molecule has 18 heavy (non-hydrogen) atoms. The van der Waals surface area contributed by atoms with Crippen molar-refractivity contribution in [2.75, 3.05) is 18.8 Å². The van der Waals surface area contributed by atoms with Gasteiger partial charge >= 0.3 is 0 Å². The van der Waals surface area contributed by atoms with Crippen LogP contribution in [0, 0.1) is 12.3 Å². The van der Waals surface area contributed by atoms with Crippen LogP contribution >= 0.6 is 0 Å². The van der Waals surface area contributed by atoms with E-state index >= 15 is 0 Å². The number of nitrogens with two attached hydrogens (primary N) is 1. The number of nitrogens with zero attached hydrogens (tertiary/aromatic N) is 1. The zero-order valence-electron chi connectivity index (χ0n) is 10.9. The van der Waals surface area contributed by atoms with Crippen LogP contribution in [-0.2, 0) is 11.2 Å². The quantitative estimate of drug-likeness (QED) is 0.615. The largest absolute Gasteiger partial charge is 0.399 e. The zero-order chi connectivity index (χ0) is 13.4. The molecule has 2 N–H and O–H groups in total. The maximum atomic E-state index is 12.0. The van der Waals surface area contributed by atoms with Crippen LogP contribution in [0.25, 0.3) is 0 Å². The van der Waals surface area contributed by atoms with Gasteiger partial charge in [0.2, 0.25) is 5.91 Å². The fourth-order valence-corrected chi connectivity index (χ4v) is 1.83. The molecular weight excluding hydrogens is 224 g/mol. The molecule has 3 heteroatoms. The summed E-state index contributed by atoms with van der Waals surface area (Å²) in [4.78, 5) is 13.7. The Balaban J connectivity index is 2.54. The maximum absolute atomic E-state index is 12.0. The highest BCUT2D eigenvalue weighted by molar-refractivity contribution is 5.77. The molecule has 0 fully saturated rings. The van der Waals surface area contributed by atoms with Crippen LogP contribution in [0.1, 0.15) is 25.3 Å². The summed E-state index contributed by atoms with van der Waals surface area (Å²) >= 11 is 0. The van der Waals surface area contributed by atoms with Crippen molar-refractivity contribution in [1.29, 1.82) is 0 Å². The minimum absolute atomic E-state index is 0.0954. The van der Waals surface area contributed by atoms with Crippen LogP contribution in [0.2, 0.25) is 0 Å². The lowest BCUT2D eigenvalue weighted by molar-refractivity contribution is -0.130. The molecule has 0 spiro atoms. The first-order valence-corrected chi connectivity index (χ1v) is 6.23. The van der Waals surface area contributed by atoms with Gasteiger partial charge in [-0.3, -0.25) is 4.79 Å². The summed E-state index contributed by atoms with van der Waals surface area (Å²) in [6.45, 7) is 3.14. The summed E-state index contributed by atoms with van der Waals surface area (Å²) in [5, 5.41) is 0. The molecule has 0 aliphatic carbocycles. The Kier molecular flexibility index (Phi) is 5.79. The second-order valence-electron chi connectivity index (χ2n) is 4.22. The third-order valence-corrected chi connectivity index (χ3v) is 2.79. The Hall–Kier alpha value is -1.95. The average Bonchev–Trinajstić information content (AvgIpc) is 2.37. The van der Waals surface area contributed by atoms with Crippen LogP contribution in [0.15, 0.2) is 24.3 Å². The minimum atomic E-state index is 0.0954. The standard InChI is InChI=1S/C15H20N2O/c1-3-11-17(12-4-2)15(18)10-9-13-7-5-6-8-14(13)16/h1,5-8H,4,9-12,16H2,2H3. The first-order chi connectivity index (χ1) is 8.69. The molecule has 0 saturated heterocycles. The molecule has 0 aliphatic heterocycles. The molecule has 0 aromatic heterocycles. The van der Waals surface area contributed by atoms with Crippen LogP contribution in [0.5, 0.6) is 0 Å². The highest BCUT2D eigenvalue weighted by atomic mass is 16.2. The summed E-state index contributed by atoms with van der Waals surface area (Å²) in [5.41, 5.74) is 7.60. The van der Waals surface area contributed by atoms with E-state index in [1.54, 1.807) is 4.90 Å². The summed E-state index contributed by atoms with van der Waals surface area (Å²) < 4.78 is 0. The van der Waals surface area contributed by atoms with Crippen molar-refractivity contribution >= 4 is 11.6 Å². The van der Waals surface area contributed by atoms with E-state index < -0.39 is 0 Å². The fraction of sp³-hybridized carbons (Fsp3) is 0.400. The van der Waals surface area contributed by atoms with E-state index in [-0.39, 0.29) is 5.91 Å². The maximum Gasteiger partial charge on any atom is 0.223 e. The number of nitrogen functional groups attached to an aromatic ring is 1. The molecule has 3 nitrogen and oxygen atoms in total. The average molecular weight is 244 g/mol. The van der Waals surface area contributed by atoms with Crippen molar-refractivity contribution in [3.8, 4) is 12.3 Å². The zero-order valence-corrected chi connectivity index (χ0v) is 10.9. The van der Waals surface area contributed by atoms with E-state index in [1.807, 2.05) is 31.2 Å². The van der Waals surface area contributed by atoms with Gasteiger partial charge in [-0.25, -0.2) is 0 Å². The monoisotopic (exact) mass is 244 g/mol. The number of aryl methyl sites for hydroxylation is 1. The SMILES string of the molecule is C#CCN(CCC)C(=O)CCc1ccccc1N. The number of carbonyl (C=O) groups is 1. The molecule has 0 radical (unpaired) electrons. The molecule has 0 heterocycles. The first-order valence-electron chi connectivity index (χ1n) is 6.23. The van der Waals surface area contributed by atoms with Gasteiger partial charge in [-0.2, -0.15) is 0 Å². The Labute approximate surface area is 109 Å². The van der Waals surface area contributed by atoms with Crippen molar-refractivity contribution < 1.29 is 4.79 Å². The summed E-state index contributed by atoms with van der Waals surface area (Å²) in [6, 6.07) is 7.63. The van der Waals surface area contributed by atoms with Gasteiger partial charge in [0.05, 0.1) is 6.54 Å². The number of terminal acetylenes is 1. The van der Waals surface area contributed by atoms with Gasteiger partial charge in [0.25, 0.3) is 0 Å². The Morgan fingerprint density at radius 1 is 1.44 bits per heavy atom. The van der Waals surface area contributed by atoms with Gasteiger partial charge < -0.3 is 10.6 Å². The summed E-state index contributed by atoms with van der Waals surface area (Å²) in [5.74, 6) is 2.62. The van der Waals surface area contributed by atoms with Gasteiger partial charge in [0.15, 0.2) is 0 Å². The third kappa shape index (κ3) is 4.14. The second kappa shape index (κ2) is 7.39. The van der Waals surface area contributed by atoms with Crippen molar-refractivity contribution in [2.24, 2.45) is 0 Å². The third-order valence-electron chi connectivity index (χ3n) is 2.79. The van der Waals surface area contributed by atoms with Gasteiger partial charge in [-0.05, 0) is 24.5 Å². The van der Waals surface area contributed by atoms with E-state index in [2.05, 4.69) is 5.92 Å². The van der Waals surface area contributed by atoms with Gasteiger partial charge in [0.1, 0.15) is 0 Å². The smallest absolute Gasteiger partial charge is 0.223 e. The lowest BCUT2D eigenvalue weighted by Crippen LogP contribution is -2.32. The lowest BCUT2D eigenvalue weighted by Gasteiger charge is -2.19. The highest BCUT2D eigenvalue weighted by Crippen LogP contribution is 2.13. The van der Waals surface area contributed by atoms with E-state index in [1.165, 1.54) is 0 Å². The second-order valence-corrected chi connectivity index (χ2v) is 4.22. The number of anilines is 1. The Bertz CT molecular complexity index is 434. The molecular formula is C15H20N2O. The number of carbonyl (C=O) groups excluding carboxylic acids is 1. The van der Waals surface area contributed by atoms with Crippen molar-refractivity contribution in [3.63, 3.8) is 0 Å². The predicted octanol–water partition coefficient (Wildman–Crippen LogP) is 2.07. The lowest BCUT2D eigenvalue weighted by atomic mass is 10.1. The molecule has 0 unspecified atom stereocenters. The predicted molar refractivity (Wildman–Crippen MR) is 74.9 cm³/mol. The Morgan fingerprint density at radius 2 is 2.17 bits per heavy atom. The normalized spacial score (nSPS) is 9.78. The van der Waals surface area contributed by atoms with Crippen LogP contribution in [0.3, 0.4) is 0 Å². The fourth-order valence-electron chi connectivity index (χ4n) is 1.83. The number of rotatable bonds is 6. The van der Waals surface area contributed by atoms with E-state index in [9.17, 15) is 4.79 Å². The molecule has 1 aromatic rings. The first kappa shape index (κ1) is 14.1. The summed E-state index contributed by atoms with van der Waals surface area (Å²) in [6.07, 6.45) is 7.30. The van der Waals surface area contributed by atoms with Gasteiger partial charge in [-0.1, -0.05) is 31.0 Å². The molecule has 0 aliphatic rings. The molecule has 0 atom stereocenters. The van der Waals surface area contributed by atoms with E-state index in [0.29, 0.717) is 25.9 Å². The van der Waals surface area contributed by atoms with Gasteiger partial charge in [0, 0.05) is 18.7 Å². The number of hydrogen-bond donors (Lipinski definition) is 1. The van der Waals surface area contributed by atoms with Gasteiger partial charge in [-0.15, -0.1) is 6.42 Å².